The molecule has 0 radical (unpaired) electrons. The highest BCUT2D eigenvalue weighted by atomic mass is 16.3. The Morgan fingerprint density at radius 2 is 1.24 bits per heavy atom. The highest BCUT2D eigenvalue weighted by molar-refractivity contribution is 5.98. The maximum Gasteiger partial charge on any atom is 0.321 e. The number of hydrogen-bond donors (Lipinski definition) is 17. The highest BCUT2D eigenvalue weighted by Crippen LogP contribution is 2.15. The number of benzene rings is 2. The molecule has 1 aliphatic rings. The average molecular weight is 1120 g/mol. The van der Waals surface area contributed by atoms with Gasteiger partial charge in [-0.15, -0.1) is 0 Å². The van der Waals surface area contributed by atoms with Gasteiger partial charge in [-0.2, -0.15) is 0 Å². The van der Waals surface area contributed by atoms with Gasteiger partial charge in [-0.05, 0) is 99.1 Å². The summed E-state index contributed by atoms with van der Waals surface area (Å²) in [7, 11) is 0. The van der Waals surface area contributed by atoms with Crippen molar-refractivity contribution >= 4 is 71.2 Å². The van der Waals surface area contributed by atoms with Crippen molar-refractivity contribution < 1.29 is 53.4 Å². The summed E-state index contributed by atoms with van der Waals surface area (Å²) in [6.07, 6.45) is 0.384. The van der Waals surface area contributed by atoms with Gasteiger partial charge in [-0.3, -0.25) is 58.7 Å². The van der Waals surface area contributed by atoms with Gasteiger partial charge in [0.05, 0.1) is 0 Å². The fourth-order valence-corrected chi connectivity index (χ4v) is 8.00. The Hall–Kier alpha value is -8.92. The van der Waals surface area contributed by atoms with Crippen LogP contribution < -0.4 is 82.3 Å². The van der Waals surface area contributed by atoms with Crippen LogP contribution in [-0.4, -0.2) is 150 Å². The topological polar surface area (TPSA) is 496 Å². The van der Waals surface area contributed by atoms with E-state index in [0.717, 1.165) is 0 Å². The lowest BCUT2D eigenvalue weighted by molar-refractivity contribution is -0.135. The van der Waals surface area contributed by atoms with E-state index in [9.17, 15) is 53.4 Å². The van der Waals surface area contributed by atoms with Crippen LogP contribution in [0.4, 0.5) is 4.79 Å². The van der Waals surface area contributed by atoms with Gasteiger partial charge in [-0.1, -0.05) is 38.1 Å². The second-order valence-corrected chi connectivity index (χ2v) is 19.4. The Balaban J connectivity index is 2.04. The predicted octanol–water partition coefficient (Wildman–Crippen LogP) is -3.49. The van der Waals surface area contributed by atoms with Gasteiger partial charge in [0, 0.05) is 58.4 Å². The fourth-order valence-electron chi connectivity index (χ4n) is 8.00. The van der Waals surface area contributed by atoms with Crippen molar-refractivity contribution in [3.8, 4) is 11.5 Å². The molecule has 0 saturated heterocycles. The van der Waals surface area contributed by atoms with E-state index in [1.54, 1.807) is 26.0 Å². The van der Waals surface area contributed by atoms with Crippen molar-refractivity contribution in [1.29, 1.82) is 0 Å². The minimum absolute atomic E-state index is 0.0143. The molecule has 80 heavy (non-hydrogen) atoms. The molecule has 23 N–H and O–H groups in total. The summed E-state index contributed by atoms with van der Waals surface area (Å²) in [6.45, 7) is 4.09. The number of carbonyl (C=O) groups excluding carboxylic acids is 9. The third-order valence-electron chi connectivity index (χ3n) is 12.2. The van der Waals surface area contributed by atoms with E-state index in [2.05, 4.69) is 62.8 Å². The van der Waals surface area contributed by atoms with Crippen molar-refractivity contribution in [2.75, 3.05) is 32.7 Å². The van der Waals surface area contributed by atoms with Crippen LogP contribution in [0.3, 0.4) is 0 Å². The largest absolute Gasteiger partial charge is 0.508 e. The number of aliphatic imine (C=N–C) groups is 3. The molecule has 0 fully saturated rings. The quantitative estimate of drug-likeness (QED) is 0.0328. The molecule has 1 aliphatic heterocycles. The molecule has 3 rings (SSSR count). The number of carbonyl (C=O) groups is 9. The van der Waals surface area contributed by atoms with Crippen molar-refractivity contribution in [2.24, 2.45) is 55.3 Å². The lowest BCUT2D eigenvalue weighted by atomic mass is 10.00. The third-order valence-corrected chi connectivity index (χ3v) is 12.2. The average Bonchev–Trinajstić information content (AvgIpc) is 3.39. The molecule has 29 nitrogen and oxygen atoms in total. The first kappa shape index (κ1) is 65.4. The van der Waals surface area contributed by atoms with Crippen LogP contribution in [-0.2, 0) is 51.2 Å². The molecular formula is C51H80N18O11. The molecule has 29 heteroatoms. The number of nitrogens with two attached hydrogens (primary N) is 6. The van der Waals surface area contributed by atoms with E-state index in [4.69, 9.17) is 34.4 Å². The van der Waals surface area contributed by atoms with Gasteiger partial charge in [0.1, 0.15) is 47.8 Å². The number of phenols is 2. The standard InChI is InChI=1S/C51H80N18O11/c1-29(2)26-38(46(78)64-35(9-6-24-60-49(55)56)44(76)66-37(42(52)74)27-30-11-15-32(70)16-12-30)67-45(77)36-10-7-25-61-50(57)69-51(80)62-22-4-3-21-58-40(72)19-20-41(73)63-34(8-5-23-59-48(53)54)43(75)68-39(47(79)65-36)28-31-13-17-33(71)18-14-31/h11-18,29,34-39,70-71H,3-10,19-28H2,1-2H3,(H2,52,74)(H,58,72)(H,63,73)(H,64,78)(H,65,79)(H,66,76)(H,67,77)(H,68,75)(H4,53,54,59)(H4,55,56,60)(H4,57,61,62,69,80)/t34?,35-,36?,37-,38-,39?/m0/s1. The van der Waals surface area contributed by atoms with E-state index in [0.29, 0.717) is 24.0 Å². The highest BCUT2D eigenvalue weighted by Gasteiger charge is 2.34. The second-order valence-electron chi connectivity index (χ2n) is 19.4. The monoisotopic (exact) mass is 1120 g/mol. The van der Waals surface area contributed by atoms with E-state index in [-0.39, 0.29) is 139 Å². The van der Waals surface area contributed by atoms with Crippen molar-refractivity contribution in [3.05, 3.63) is 59.7 Å². The number of aromatic hydroxyl groups is 2. The summed E-state index contributed by atoms with van der Waals surface area (Å²) in [5, 5.41) is 43.6. The summed E-state index contributed by atoms with van der Waals surface area (Å²) in [5.74, 6) is -7.19. The van der Waals surface area contributed by atoms with E-state index in [1.165, 1.54) is 36.4 Å². The minimum atomic E-state index is -1.46. The Morgan fingerprint density at radius 1 is 0.675 bits per heavy atom. The lowest BCUT2D eigenvalue weighted by Crippen LogP contribution is -2.60. The first-order valence-corrected chi connectivity index (χ1v) is 26.4. The van der Waals surface area contributed by atoms with Gasteiger partial charge < -0.3 is 87.1 Å². The Bertz CT molecular complexity index is 2480. The van der Waals surface area contributed by atoms with Crippen LogP contribution >= 0.6 is 0 Å². The molecule has 440 valence electrons. The van der Waals surface area contributed by atoms with Crippen LogP contribution in [0.1, 0.15) is 95.6 Å². The first-order chi connectivity index (χ1) is 38.0. The first-order valence-electron chi connectivity index (χ1n) is 26.4. The van der Waals surface area contributed by atoms with Gasteiger partial charge in [-0.25, -0.2) is 4.79 Å². The molecule has 0 aromatic heterocycles. The maximum atomic E-state index is 14.6. The summed E-state index contributed by atoms with van der Waals surface area (Å²) in [5.41, 5.74) is 34.7. The molecule has 0 bridgehead atoms. The Morgan fingerprint density at radius 3 is 1.85 bits per heavy atom. The van der Waals surface area contributed by atoms with Crippen molar-refractivity contribution in [1.82, 2.24) is 47.9 Å². The zero-order valence-corrected chi connectivity index (χ0v) is 45.3. The number of hydrogen-bond acceptors (Lipinski definition) is 15. The summed E-state index contributed by atoms with van der Waals surface area (Å²) < 4.78 is 0. The maximum absolute atomic E-state index is 14.6. The van der Waals surface area contributed by atoms with Crippen LogP contribution in [0.25, 0.3) is 0 Å². The summed E-state index contributed by atoms with van der Waals surface area (Å²) in [6, 6.07) is 2.87. The molecule has 10 amide bonds. The predicted molar refractivity (Wildman–Crippen MR) is 297 cm³/mol. The van der Waals surface area contributed by atoms with Gasteiger partial charge >= 0.3 is 6.03 Å². The number of guanidine groups is 3. The number of amides is 10. The van der Waals surface area contributed by atoms with Gasteiger partial charge in [0.2, 0.25) is 47.3 Å². The van der Waals surface area contributed by atoms with Crippen LogP contribution in [0, 0.1) is 5.92 Å². The van der Waals surface area contributed by atoms with Crippen molar-refractivity contribution in [2.45, 2.75) is 134 Å². The fraction of sp³-hybridized carbons (Fsp3) is 0.529. The smallest absolute Gasteiger partial charge is 0.321 e. The molecule has 1 heterocycles. The third kappa shape index (κ3) is 26.4. The van der Waals surface area contributed by atoms with E-state index in [1.807, 2.05) is 0 Å². The van der Waals surface area contributed by atoms with Crippen LogP contribution in [0.15, 0.2) is 63.5 Å². The Labute approximate surface area is 463 Å². The molecule has 0 saturated carbocycles. The number of nitrogens with one attached hydrogen (secondary N) is 9. The van der Waals surface area contributed by atoms with Gasteiger partial charge in [0.25, 0.3) is 0 Å². The second kappa shape index (κ2) is 34.8. The van der Waals surface area contributed by atoms with E-state index >= 15 is 0 Å². The van der Waals surface area contributed by atoms with Crippen LogP contribution in [0.5, 0.6) is 11.5 Å². The zero-order chi connectivity index (χ0) is 59.1. The molecule has 3 unspecified atom stereocenters. The summed E-state index contributed by atoms with van der Waals surface area (Å²) >= 11 is 0. The van der Waals surface area contributed by atoms with Crippen LogP contribution in [0.2, 0.25) is 0 Å². The number of primary amides is 1. The van der Waals surface area contributed by atoms with Gasteiger partial charge in [0.15, 0.2) is 17.9 Å². The minimum Gasteiger partial charge on any atom is -0.508 e. The normalized spacial score (nSPS) is 18.6. The summed E-state index contributed by atoms with van der Waals surface area (Å²) in [4.78, 5) is 135. The van der Waals surface area contributed by atoms with E-state index < -0.39 is 89.5 Å². The molecule has 2 aromatic carbocycles. The molecule has 2 aromatic rings. The number of rotatable bonds is 21. The SMILES string of the molecule is CC(C)C[C@H](NC(=O)C1CCCN=C(N)NC(=O)NCCCCNC(=O)CCC(=O)NC(CCCN=C(N)N)C(=O)NC(Cc2ccc(O)cc2)C(=O)N1)C(=O)N[C@@H](CCCN=C(N)N)C(=O)N[C@@H](Cc1ccc(O)cc1)C(N)=O. The Kier molecular flexibility index (Phi) is 28.4. The number of phenolic OH excluding ortho intramolecular Hbond substituents is 2. The molecule has 0 spiro atoms. The van der Waals surface area contributed by atoms with Crippen molar-refractivity contribution in [3.63, 3.8) is 0 Å². The molecular weight excluding hydrogens is 1040 g/mol. The molecule has 6 atom stereocenters. The number of nitrogens with zero attached hydrogens (tertiary/aromatic N) is 3. The molecule has 0 aliphatic carbocycles. The zero-order valence-electron chi connectivity index (χ0n) is 45.3. The number of urea groups is 1. The lowest BCUT2D eigenvalue weighted by Gasteiger charge is -2.28.